The van der Waals surface area contributed by atoms with Gasteiger partial charge in [-0.3, -0.25) is 9.59 Å². The fourth-order valence-electron chi connectivity index (χ4n) is 1.05. The molecule has 0 radical (unpaired) electrons. The molecule has 0 atom stereocenters. The monoisotopic (exact) mass is 236 g/mol. The van der Waals surface area contributed by atoms with Crippen molar-refractivity contribution in [2.45, 2.75) is 20.5 Å². The summed E-state index contributed by atoms with van der Waals surface area (Å²) in [4.78, 5) is 27.1. The Morgan fingerprint density at radius 1 is 1.41 bits per heavy atom. The van der Waals surface area contributed by atoms with E-state index >= 15 is 0 Å². The average molecular weight is 236 g/mol. The van der Waals surface area contributed by atoms with Crippen molar-refractivity contribution in [1.29, 1.82) is 0 Å². The van der Waals surface area contributed by atoms with Gasteiger partial charge in [0.1, 0.15) is 6.61 Å². The first-order valence-electron chi connectivity index (χ1n) is 5.35. The molecule has 0 saturated heterocycles. The quantitative estimate of drug-likeness (QED) is 0.597. The van der Waals surface area contributed by atoms with E-state index in [0.29, 0.717) is 6.41 Å². The largest absolute Gasteiger partial charge is 0.274 e. The first-order chi connectivity index (χ1) is 8.13. The Hall–Kier alpha value is -1.88. The van der Waals surface area contributed by atoms with Crippen molar-refractivity contribution >= 4 is 12.3 Å². The molecule has 0 aromatic heterocycles. The molecular formula is C12H16N2O3. The number of carbonyl (C=O) groups is 2. The molecule has 0 saturated carbocycles. The Kier molecular flexibility index (Phi) is 5.16. The first kappa shape index (κ1) is 13.2. The standard InChI is InChI=1S/C12H16N2O3/c1-10(2)12(16)13-14(9-15)17-8-11-6-4-3-5-7-11/h3-7,9-10H,8H2,1-2H3,(H,13,16). The zero-order valence-corrected chi connectivity index (χ0v) is 9.92. The lowest BCUT2D eigenvalue weighted by atomic mass is 10.2. The number of hydrazine groups is 1. The van der Waals surface area contributed by atoms with Gasteiger partial charge in [0.25, 0.3) is 6.41 Å². The Morgan fingerprint density at radius 2 is 2.06 bits per heavy atom. The Bertz CT molecular complexity index is 365. The van der Waals surface area contributed by atoms with Crippen LogP contribution in [0.2, 0.25) is 0 Å². The molecular weight excluding hydrogens is 220 g/mol. The van der Waals surface area contributed by atoms with Crippen LogP contribution in [0.15, 0.2) is 30.3 Å². The van der Waals surface area contributed by atoms with Crippen LogP contribution in [0.5, 0.6) is 0 Å². The number of amides is 2. The smallest absolute Gasteiger partial charge is 0.254 e. The highest BCUT2D eigenvalue weighted by atomic mass is 16.7. The van der Waals surface area contributed by atoms with E-state index in [4.69, 9.17) is 4.84 Å². The van der Waals surface area contributed by atoms with Gasteiger partial charge in [0.15, 0.2) is 0 Å². The van der Waals surface area contributed by atoms with E-state index in [9.17, 15) is 9.59 Å². The Morgan fingerprint density at radius 3 is 2.59 bits per heavy atom. The van der Waals surface area contributed by atoms with E-state index in [-0.39, 0.29) is 18.4 Å². The van der Waals surface area contributed by atoms with Gasteiger partial charge in [-0.05, 0) is 5.56 Å². The molecule has 1 aromatic carbocycles. The minimum Gasteiger partial charge on any atom is -0.274 e. The molecule has 17 heavy (non-hydrogen) atoms. The molecule has 0 bridgehead atoms. The molecule has 1 aromatic rings. The summed E-state index contributed by atoms with van der Waals surface area (Å²) in [5, 5.41) is 0.787. The molecule has 5 nitrogen and oxygen atoms in total. The van der Waals surface area contributed by atoms with E-state index < -0.39 is 0 Å². The third kappa shape index (κ3) is 4.65. The van der Waals surface area contributed by atoms with E-state index in [1.54, 1.807) is 13.8 Å². The third-order valence-corrected chi connectivity index (χ3v) is 2.05. The summed E-state index contributed by atoms with van der Waals surface area (Å²) < 4.78 is 0. The molecule has 2 amide bonds. The molecule has 0 aliphatic rings. The SMILES string of the molecule is CC(C)C(=O)NN(C=O)OCc1ccccc1. The number of hydrogen-bond donors (Lipinski definition) is 1. The average Bonchev–Trinajstić information content (AvgIpc) is 2.35. The van der Waals surface area contributed by atoms with Crippen LogP contribution in [0.25, 0.3) is 0 Å². The van der Waals surface area contributed by atoms with Gasteiger partial charge in [0, 0.05) is 5.92 Å². The minimum atomic E-state index is -0.273. The predicted molar refractivity (Wildman–Crippen MR) is 62.1 cm³/mol. The zero-order valence-electron chi connectivity index (χ0n) is 9.92. The fourth-order valence-corrected chi connectivity index (χ4v) is 1.05. The van der Waals surface area contributed by atoms with Gasteiger partial charge in [-0.1, -0.05) is 44.2 Å². The summed E-state index contributed by atoms with van der Waals surface area (Å²) in [6, 6.07) is 9.37. The molecule has 0 spiro atoms. The van der Waals surface area contributed by atoms with E-state index in [2.05, 4.69) is 5.43 Å². The third-order valence-electron chi connectivity index (χ3n) is 2.05. The summed E-state index contributed by atoms with van der Waals surface area (Å²) in [7, 11) is 0. The molecule has 1 N–H and O–H groups in total. The van der Waals surface area contributed by atoms with Crippen molar-refractivity contribution in [2.24, 2.45) is 5.92 Å². The molecule has 92 valence electrons. The molecule has 5 heteroatoms. The van der Waals surface area contributed by atoms with Crippen molar-refractivity contribution in [1.82, 2.24) is 10.6 Å². The maximum absolute atomic E-state index is 11.3. The molecule has 0 fully saturated rings. The highest BCUT2D eigenvalue weighted by molar-refractivity contribution is 5.78. The summed E-state index contributed by atoms with van der Waals surface area (Å²) in [5.74, 6) is -0.483. The highest BCUT2D eigenvalue weighted by Crippen LogP contribution is 2.01. The second-order valence-electron chi connectivity index (χ2n) is 3.82. The van der Waals surface area contributed by atoms with Crippen LogP contribution in [0.4, 0.5) is 0 Å². The number of benzene rings is 1. The van der Waals surface area contributed by atoms with Crippen LogP contribution in [-0.2, 0) is 21.0 Å². The van der Waals surface area contributed by atoms with Gasteiger partial charge in [-0.15, -0.1) is 5.17 Å². The first-order valence-corrected chi connectivity index (χ1v) is 5.35. The van der Waals surface area contributed by atoms with Crippen molar-refractivity contribution in [3.8, 4) is 0 Å². The number of hydrogen-bond acceptors (Lipinski definition) is 3. The second kappa shape index (κ2) is 6.65. The van der Waals surface area contributed by atoms with Gasteiger partial charge in [0.2, 0.25) is 5.91 Å². The van der Waals surface area contributed by atoms with Crippen LogP contribution in [0.1, 0.15) is 19.4 Å². The lowest BCUT2D eigenvalue weighted by Crippen LogP contribution is -2.43. The lowest BCUT2D eigenvalue weighted by molar-refractivity contribution is -0.201. The number of rotatable bonds is 6. The van der Waals surface area contributed by atoms with Crippen LogP contribution in [0, 0.1) is 5.92 Å². The van der Waals surface area contributed by atoms with Gasteiger partial charge in [0.05, 0.1) is 0 Å². The number of carbonyl (C=O) groups excluding carboxylic acids is 2. The summed E-state index contributed by atoms with van der Waals surface area (Å²) in [6.07, 6.45) is 0.420. The maximum atomic E-state index is 11.3. The van der Waals surface area contributed by atoms with Crippen molar-refractivity contribution in [3.05, 3.63) is 35.9 Å². The Balaban J connectivity index is 2.43. The van der Waals surface area contributed by atoms with E-state index in [1.165, 1.54) is 0 Å². The molecule has 1 rings (SSSR count). The number of hydroxylamine groups is 1. The molecule has 0 unspecified atom stereocenters. The highest BCUT2D eigenvalue weighted by Gasteiger charge is 2.11. The minimum absolute atomic E-state index is 0.210. The maximum Gasteiger partial charge on any atom is 0.254 e. The van der Waals surface area contributed by atoms with Crippen LogP contribution >= 0.6 is 0 Å². The number of nitrogens with zero attached hydrogens (tertiary/aromatic N) is 1. The Labute approximate surface area is 100 Å². The van der Waals surface area contributed by atoms with Crippen LogP contribution in [0.3, 0.4) is 0 Å². The topological polar surface area (TPSA) is 58.6 Å². The van der Waals surface area contributed by atoms with Gasteiger partial charge < -0.3 is 0 Å². The van der Waals surface area contributed by atoms with Gasteiger partial charge in [-0.2, -0.15) is 0 Å². The van der Waals surface area contributed by atoms with Crippen molar-refractivity contribution in [3.63, 3.8) is 0 Å². The van der Waals surface area contributed by atoms with Crippen molar-refractivity contribution in [2.75, 3.05) is 0 Å². The summed E-state index contributed by atoms with van der Waals surface area (Å²) in [5.41, 5.74) is 3.26. The number of nitrogens with one attached hydrogen (secondary N) is 1. The molecule has 0 heterocycles. The van der Waals surface area contributed by atoms with E-state index in [1.807, 2.05) is 30.3 Å². The second-order valence-corrected chi connectivity index (χ2v) is 3.82. The van der Waals surface area contributed by atoms with Crippen LogP contribution in [-0.4, -0.2) is 17.5 Å². The van der Waals surface area contributed by atoms with Crippen LogP contribution < -0.4 is 5.43 Å². The summed E-state index contributed by atoms with van der Waals surface area (Å²) in [6.45, 7) is 3.68. The fraction of sp³-hybridized carbons (Fsp3) is 0.333. The summed E-state index contributed by atoms with van der Waals surface area (Å²) >= 11 is 0. The zero-order chi connectivity index (χ0) is 12.7. The van der Waals surface area contributed by atoms with Gasteiger partial charge >= 0.3 is 0 Å². The van der Waals surface area contributed by atoms with Gasteiger partial charge in [-0.25, -0.2) is 10.3 Å². The van der Waals surface area contributed by atoms with E-state index in [0.717, 1.165) is 10.7 Å². The predicted octanol–water partition coefficient (Wildman–Crippen LogP) is 1.26. The molecule has 0 aliphatic carbocycles. The lowest BCUT2D eigenvalue weighted by Gasteiger charge is -2.18. The molecule has 0 aliphatic heterocycles. The normalized spacial score (nSPS) is 10.1. The van der Waals surface area contributed by atoms with Crippen molar-refractivity contribution < 1.29 is 14.4 Å².